The summed E-state index contributed by atoms with van der Waals surface area (Å²) in [6.07, 6.45) is 4.89. The summed E-state index contributed by atoms with van der Waals surface area (Å²) < 4.78 is 11.3. The lowest BCUT2D eigenvalue weighted by molar-refractivity contribution is -0.126. The van der Waals surface area contributed by atoms with Crippen molar-refractivity contribution in [3.63, 3.8) is 0 Å². The lowest BCUT2D eigenvalue weighted by Gasteiger charge is -2.18. The van der Waals surface area contributed by atoms with Crippen LogP contribution in [-0.2, 0) is 11.3 Å². The van der Waals surface area contributed by atoms with E-state index in [0.29, 0.717) is 28.9 Å². The second-order valence-corrected chi connectivity index (χ2v) is 7.20. The van der Waals surface area contributed by atoms with Crippen LogP contribution < -0.4 is 9.47 Å². The predicted molar refractivity (Wildman–Crippen MR) is 108 cm³/mol. The fraction of sp³-hybridized carbons (Fsp3) is 0.200. The van der Waals surface area contributed by atoms with Gasteiger partial charge in [0.15, 0.2) is 18.1 Å². The zero-order chi connectivity index (χ0) is 19.6. The molecule has 0 fully saturated rings. The van der Waals surface area contributed by atoms with Crippen molar-refractivity contribution in [1.82, 2.24) is 4.90 Å². The minimum atomic E-state index is -0.136. The number of nitriles is 1. The zero-order valence-corrected chi connectivity index (χ0v) is 16.4. The summed E-state index contributed by atoms with van der Waals surface area (Å²) in [7, 11) is 1.52. The number of benzene rings is 1. The van der Waals surface area contributed by atoms with Crippen molar-refractivity contribution in [1.29, 1.82) is 5.26 Å². The van der Waals surface area contributed by atoms with E-state index in [1.807, 2.05) is 18.2 Å². The average Bonchev–Trinajstić information content (AvgIpc) is 3.09. The lowest BCUT2D eigenvalue weighted by Crippen LogP contribution is -2.28. The molecule has 1 aromatic carbocycles. The normalized spacial score (nSPS) is 10.4. The molecule has 0 aliphatic heterocycles. The topological polar surface area (TPSA) is 62.6 Å². The summed E-state index contributed by atoms with van der Waals surface area (Å²) in [6.45, 7) is 4.55. The van der Waals surface area contributed by atoms with Crippen LogP contribution in [0.25, 0.3) is 6.08 Å². The van der Waals surface area contributed by atoms with Crippen LogP contribution >= 0.6 is 22.9 Å². The molecular weight excluding hydrogens is 384 g/mol. The quantitative estimate of drug-likeness (QED) is 0.456. The molecule has 0 aliphatic carbocycles. The second kappa shape index (κ2) is 10.4. The van der Waals surface area contributed by atoms with E-state index in [4.69, 9.17) is 26.3 Å². The van der Waals surface area contributed by atoms with Crippen LogP contribution in [0.2, 0.25) is 4.34 Å². The van der Waals surface area contributed by atoms with Crippen molar-refractivity contribution in [3.8, 4) is 17.6 Å². The first-order valence-corrected chi connectivity index (χ1v) is 9.26. The fourth-order valence-corrected chi connectivity index (χ4v) is 3.41. The van der Waals surface area contributed by atoms with Gasteiger partial charge in [-0.05, 0) is 35.9 Å². The molecular formula is C20H19ClN2O3S. The third kappa shape index (κ3) is 6.17. The Bertz CT molecular complexity index is 870. The first-order chi connectivity index (χ1) is 13.1. The maximum Gasteiger partial charge on any atom is 0.247 e. The number of ether oxygens (including phenoxy) is 2. The summed E-state index contributed by atoms with van der Waals surface area (Å²) in [5.74, 6) is 0.838. The Kier molecular flexibility index (Phi) is 7.93. The Labute approximate surface area is 167 Å². The summed E-state index contributed by atoms with van der Waals surface area (Å²) in [6, 6.07) is 10.9. The second-order valence-electron chi connectivity index (χ2n) is 5.40. The van der Waals surface area contributed by atoms with E-state index in [-0.39, 0.29) is 12.5 Å². The van der Waals surface area contributed by atoms with E-state index in [0.717, 1.165) is 10.4 Å². The molecule has 0 bridgehead atoms. The molecule has 5 nitrogen and oxygen atoms in total. The number of thiophene rings is 1. The third-order valence-corrected chi connectivity index (χ3v) is 4.75. The zero-order valence-electron chi connectivity index (χ0n) is 14.9. The summed E-state index contributed by atoms with van der Waals surface area (Å²) in [5.41, 5.74) is 0.780. The molecule has 1 amide bonds. The summed E-state index contributed by atoms with van der Waals surface area (Å²) >= 11 is 7.40. The number of carbonyl (C=O) groups excluding carboxylic acids is 1. The highest BCUT2D eigenvalue weighted by Crippen LogP contribution is 2.28. The van der Waals surface area contributed by atoms with Gasteiger partial charge in [-0.25, -0.2) is 0 Å². The van der Waals surface area contributed by atoms with Gasteiger partial charge in [-0.1, -0.05) is 23.7 Å². The predicted octanol–water partition coefficient (Wildman–Crippen LogP) is 4.54. The van der Waals surface area contributed by atoms with Crippen LogP contribution in [0.1, 0.15) is 10.4 Å². The Balaban J connectivity index is 2.10. The van der Waals surface area contributed by atoms with Crippen LogP contribution in [0.5, 0.6) is 11.5 Å². The number of rotatable bonds is 9. The molecule has 1 aromatic heterocycles. The van der Waals surface area contributed by atoms with Crippen molar-refractivity contribution < 1.29 is 14.3 Å². The van der Waals surface area contributed by atoms with E-state index < -0.39 is 0 Å². The van der Waals surface area contributed by atoms with Gasteiger partial charge in [-0.2, -0.15) is 5.26 Å². The maximum absolute atomic E-state index is 12.6. The van der Waals surface area contributed by atoms with E-state index >= 15 is 0 Å². The molecule has 2 aromatic rings. The van der Waals surface area contributed by atoms with Gasteiger partial charge in [0.05, 0.1) is 18.0 Å². The van der Waals surface area contributed by atoms with E-state index in [9.17, 15) is 4.79 Å². The van der Waals surface area contributed by atoms with Gasteiger partial charge in [-0.15, -0.1) is 17.9 Å². The van der Waals surface area contributed by atoms with Crippen molar-refractivity contribution in [2.75, 3.05) is 20.3 Å². The molecule has 140 valence electrons. The van der Waals surface area contributed by atoms with Crippen LogP contribution in [0.4, 0.5) is 0 Å². The highest BCUT2D eigenvalue weighted by molar-refractivity contribution is 7.16. The third-order valence-electron chi connectivity index (χ3n) is 3.53. The van der Waals surface area contributed by atoms with Crippen molar-refractivity contribution in [3.05, 3.63) is 63.8 Å². The van der Waals surface area contributed by atoms with Gasteiger partial charge in [-0.3, -0.25) is 4.79 Å². The Morgan fingerprint density at radius 2 is 2.19 bits per heavy atom. The minimum absolute atomic E-state index is 0.0622. The first-order valence-electron chi connectivity index (χ1n) is 8.07. The lowest BCUT2D eigenvalue weighted by atomic mass is 10.2. The van der Waals surface area contributed by atoms with Crippen LogP contribution in [0.15, 0.2) is 49.1 Å². The minimum Gasteiger partial charge on any atom is -0.493 e. The van der Waals surface area contributed by atoms with Crippen molar-refractivity contribution in [2.45, 2.75) is 6.54 Å². The molecule has 0 saturated carbocycles. The Morgan fingerprint density at radius 1 is 1.37 bits per heavy atom. The van der Waals surface area contributed by atoms with E-state index in [2.05, 4.69) is 6.58 Å². The number of methoxy groups -OCH3 is 1. The van der Waals surface area contributed by atoms with Gasteiger partial charge in [0.1, 0.15) is 6.07 Å². The number of carbonyl (C=O) groups is 1. The number of hydrogen-bond acceptors (Lipinski definition) is 5. The number of hydrogen-bond donors (Lipinski definition) is 0. The average molecular weight is 403 g/mol. The van der Waals surface area contributed by atoms with Gasteiger partial charge in [0.2, 0.25) is 5.91 Å². The molecule has 0 aliphatic rings. The Hall–Kier alpha value is -2.75. The van der Waals surface area contributed by atoms with Crippen molar-refractivity contribution in [2.24, 2.45) is 0 Å². The van der Waals surface area contributed by atoms with Crippen LogP contribution in [0, 0.1) is 11.3 Å². The van der Waals surface area contributed by atoms with E-state index in [1.54, 1.807) is 35.3 Å². The molecule has 0 saturated heterocycles. The first kappa shape index (κ1) is 20.6. The molecule has 0 atom stereocenters. The van der Waals surface area contributed by atoms with Gasteiger partial charge >= 0.3 is 0 Å². The summed E-state index contributed by atoms with van der Waals surface area (Å²) in [5, 5.41) is 8.61. The van der Waals surface area contributed by atoms with Gasteiger partial charge < -0.3 is 14.4 Å². The van der Waals surface area contributed by atoms with Gasteiger partial charge in [0, 0.05) is 17.5 Å². The molecule has 0 radical (unpaired) electrons. The van der Waals surface area contributed by atoms with Crippen LogP contribution in [-0.4, -0.2) is 31.1 Å². The molecule has 7 heteroatoms. The smallest absolute Gasteiger partial charge is 0.247 e. The van der Waals surface area contributed by atoms with Crippen LogP contribution in [0.3, 0.4) is 0 Å². The molecule has 2 rings (SSSR count). The number of nitrogens with zero attached hydrogens (tertiary/aromatic N) is 2. The maximum atomic E-state index is 12.6. The van der Waals surface area contributed by atoms with E-state index in [1.165, 1.54) is 24.5 Å². The monoisotopic (exact) mass is 402 g/mol. The van der Waals surface area contributed by atoms with Gasteiger partial charge in [0.25, 0.3) is 0 Å². The number of amides is 1. The fourth-order valence-electron chi connectivity index (χ4n) is 2.30. The molecule has 1 heterocycles. The number of halogens is 1. The summed E-state index contributed by atoms with van der Waals surface area (Å²) in [4.78, 5) is 15.2. The SMILES string of the molecule is C=CCN(Cc1ccc(Cl)s1)C(=O)/C=C/c1ccc(OCC#N)c(OC)c1. The molecule has 27 heavy (non-hydrogen) atoms. The van der Waals surface area contributed by atoms with Crippen molar-refractivity contribution >= 4 is 34.9 Å². The Morgan fingerprint density at radius 3 is 2.81 bits per heavy atom. The molecule has 0 spiro atoms. The standard InChI is InChI=1S/C20H19ClN2O3S/c1-3-11-23(14-16-6-8-19(21)27-16)20(24)9-5-15-4-7-17(26-12-10-22)18(13-15)25-2/h3-9,13H,1,11-12,14H2,2H3/b9-5+. The highest BCUT2D eigenvalue weighted by atomic mass is 35.5. The molecule has 0 unspecified atom stereocenters. The largest absolute Gasteiger partial charge is 0.493 e. The highest BCUT2D eigenvalue weighted by Gasteiger charge is 2.11. The molecule has 0 N–H and O–H groups in total.